The van der Waals surface area contributed by atoms with Gasteiger partial charge in [-0.2, -0.15) is 9.57 Å². The monoisotopic (exact) mass is 395 g/mol. The van der Waals surface area contributed by atoms with Crippen LogP contribution in [-0.4, -0.2) is 31.7 Å². The number of carbonyl (C=O) groups excluding carboxylic acids is 1. The number of hydrogen-bond donors (Lipinski definition) is 1. The van der Waals surface area contributed by atoms with Crippen LogP contribution in [0.1, 0.15) is 24.0 Å². The molecule has 0 atom stereocenters. The number of carbonyl (C=O) groups is 1. The maximum absolute atomic E-state index is 12.5. The van der Waals surface area contributed by atoms with Crippen molar-refractivity contribution >= 4 is 27.7 Å². The van der Waals surface area contributed by atoms with Crippen LogP contribution < -0.4 is 5.32 Å². The van der Waals surface area contributed by atoms with E-state index in [1.54, 1.807) is 30.3 Å². The van der Waals surface area contributed by atoms with Crippen molar-refractivity contribution in [3.05, 3.63) is 71.1 Å². The number of rotatable bonds is 5. The Morgan fingerprint density at radius 3 is 2.50 bits per heavy atom. The average Bonchev–Trinajstić information content (AvgIpc) is 2.73. The minimum absolute atomic E-state index is 0.146. The molecule has 7 heteroatoms. The second-order valence-corrected chi connectivity index (χ2v) is 8.43. The fraction of sp³-hybridized carbons (Fsp3) is 0.238. The molecule has 1 N–H and O–H groups in total. The van der Waals surface area contributed by atoms with E-state index in [-0.39, 0.29) is 11.8 Å². The third-order valence-electron chi connectivity index (χ3n) is 4.68. The lowest BCUT2D eigenvalue weighted by atomic mass is 9.97. The molecule has 0 bridgehead atoms. The van der Waals surface area contributed by atoms with Crippen molar-refractivity contribution in [3.8, 4) is 6.07 Å². The molecule has 1 amide bonds. The van der Waals surface area contributed by atoms with Crippen LogP contribution in [0.5, 0.6) is 0 Å². The lowest BCUT2D eigenvalue weighted by Gasteiger charge is -2.29. The van der Waals surface area contributed by atoms with Crippen LogP contribution in [0.2, 0.25) is 0 Å². The Labute approximate surface area is 165 Å². The van der Waals surface area contributed by atoms with Gasteiger partial charge in [0, 0.05) is 30.1 Å². The maximum Gasteiger partial charge on any atom is 0.236 e. The molecule has 6 nitrogen and oxygen atoms in total. The zero-order chi connectivity index (χ0) is 20.0. The Morgan fingerprint density at radius 2 is 1.82 bits per heavy atom. The van der Waals surface area contributed by atoms with Crippen molar-refractivity contribution in [2.75, 3.05) is 18.4 Å². The van der Waals surface area contributed by atoms with Crippen molar-refractivity contribution in [2.45, 2.75) is 12.8 Å². The third-order valence-corrected chi connectivity index (χ3v) is 6.24. The van der Waals surface area contributed by atoms with Gasteiger partial charge in [0.1, 0.15) is 0 Å². The number of hydrogen-bond acceptors (Lipinski definition) is 4. The third kappa shape index (κ3) is 5.06. The lowest BCUT2D eigenvalue weighted by molar-refractivity contribution is -0.120. The molecule has 0 radical (unpaired) electrons. The van der Waals surface area contributed by atoms with Crippen LogP contribution in [0.15, 0.2) is 60.0 Å². The lowest BCUT2D eigenvalue weighted by Crippen LogP contribution is -2.40. The highest BCUT2D eigenvalue weighted by Gasteiger charge is 2.30. The average molecular weight is 395 g/mol. The smallest absolute Gasteiger partial charge is 0.236 e. The van der Waals surface area contributed by atoms with E-state index in [1.807, 2.05) is 36.4 Å². The molecule has 2 aromatic carbocycles. The van der Waals surface area contributed by atoms with Gasteiger partial charge in [0.05, 0.1) is 11.6 Å². The minimum atomic E-state index is -3.51. The minimum Gasteiger partial charge on any atom is -0.326 e. The van der Waals surface area contributed by atoms with Gasteiger partial charge in [0.25, 0.3) is 0 Å². The van der Waals surface area contributed by atoms with Crippen LogP contribution in [0, 0.1) is 17.2 Å². The summed E-state index contributed by atoms with van der Waals surface area (Å²) in [4.78, 5) is 12.5. The Kier molecular flexibility index (Phi) is 6.24. The largest absolute Gasteiger partial charge is 0.326 e. The molecule has 1 fully saturated rings. The van der Waals surface area contributed by atoms with E-state index in [1.165, 1.54) is 9.71 Å². The van der Waals surface area contributed by atoms with Gasteiger partial charge in [-0.05, 0) is 42.7 Å². The van der Waals surface area contributed by atoms with E-state index >= 15 is 0 Å². The summed E-state index contributed by atoms with van der Waals surface area (Å²) in [6.45, 7) is 0.607. The van der Waals surface area contributed by atoms with Gasteiger partial charge in [0.15, 0.2) is 0 Å². The van der Waals surface area contributed by atoms with Gasteiger partial charge in [-0.15, -0.1) is 0 Å². The number of nitrogens with one attached hydrogen (secondary N) is 1. The fourth-order valence-electron chi connectivity index (χ4n) is 3.10. The highest BCUT2D eigenvalue weighted by molar-refractivity contribution is 7.92. The molecule has 0 saturated carbocycles. The van der Waals surface area contributed by atoms with Crippen molar-refractivity contribution in [3.63, 3.8) is 0 Å². The zero-order valence-electron chi connectivity index (χ0n) is 15.3. The standard InChI is InChI=1S/C21H21N3O3S/c22-16-18-7-4-8-20(15-18)23-21(25)19-9-12-24(13-10-19)28(26,27)14-11-17-5-2-1-3-6-17/h1-8,11,14-15,19H,9-10,12-13H2,(H,23,25)/b14-11+. The van der Waals surface area contributed by atoms with Gasteiger partial charge in [-0.1, -0.05) is 36.4 Å². The Balaban J connectivity index is 1.56. The maximum atomic E-state index is 12.5. The van der Waals surface area contributed by atoms with Crippen molar-refractivity contribution in [2.24, 2.45) is 5.92 Å². The first-order chi connectivity index (χ1) is 13.5. The van der Waals surface area contributed by atoms with E-state index in [0.717, 1.165) is 5.56 Å². The number of anilines is 1. The summed E-state index contributed by atoms with van der Waals surface area (Å²) in [6, 6.07) is 18.0. The summed E-state index contributed by atoms with van der Waals surface area (Å²) in [6.07, 6.45) is 2.50. The van der Waals surface area contributed by atoms with Gasteiger partial charge < -0.3 is 5.32 Å². The zero-order valence-corrected chi connectivity index (χ0v) is 16.1. The Morgan fingerprint density at radius 1 is 1.11 bits per heavy atom. The molecule has 3 rings (SSSR count). The molecule has 2 aromatic rings. The second kappa shape index (κ2) is 8.83. The number of benzene rings is 2. The molecule has 28 heavy (non-hydrogen) atoms. The van der Waals surface area contributed by atoms with Crippen molar-refractivity contribution in [1.29, 1.82) is 5.26 Å². The summed E-state index contributed by atoms with van der Waals surface area (Å²) in [5.41, 5.74) is 1.87. The Hall–Kier alpha value is -2.95. The molecule has 0 unspecified atom stereocenters. The topological polar surface area (TPSA) is 90.3 Å². The van der Waals surface area contributed by atoms with Crippen molar-refractivity contribution in [1.82, 2.24) is 4.31 Å². The number of piperidine rings is 1. The SMILES string of the molecule is N#Cc1cccc(NC(=O)C2CCN(S(=O)(=O)/C=C/c3ccccc3)CC2)c1. The summed E-state index contributed by atoms with van der Waals surface area (Å²) >= 11 is 0. The van der Waals surface area contributed by atoms with Crippen molar-refractivity contribution < 1.29 is 13.2 Å². The number of sulfonamides is 1. The van der Waals surface area contributed by atoms with Crippen LogP contribution in [-0.2, 0) is 14.8 Å². The summed E-state index contributed by atoms with van der Waals surface area (Å²) < 4.78 is 26.4. The molecule has 0 spiro atoms. The molecular formula is C21H21N3O3S. The van der Waals surface area contributed by atoms with Gasteiger partial charge in [0.2, 0.25) is 15.9 Å². The molecule has 144 valence electrons. The second-order valence-electron chi connectivity index (χ2n) is 6.61. The molecule has 0 aromatic heterocycles. The number of nitriles is 1. The molecule has 1 heterocycles. The normalized spacial score (nSPS) is 16.0. The number of nitrogens with zero attached hydrogens (tertiary/aromatic N) is 2. The van der Waals surface area contributed by atoms with Crippen LogP contribution in [0.4, 0.5) is 5.69 Å². The van der Waals surface area contributed by atoms with E-state index < -0.39 is 10.0 Å². The van der Waals surface area contributed by atoms with E-state index in [4.69, 9.17) is 5.26 Å². The molecule has 1 saturated heterocycles. The molecular weight excluding hydrogens is 374 g/mol. The van der Waals surface area contributed by atoms with Gasteiger partial charge >= 0.3 is 0 Å². The summed E-state index contributed by atoms with van der Waals surface area (Å²) in [5.74, 6) is -0.401. The predicted molar refractivity (Wildman–Crippen MR) is 108 cm³/mol. The molecule has 1 aliphatic rings. The first-order valence-corrected chi connectivity index (χ1v) is 10.5. The van der Waals surface area contributed by atoms with Crippen LogP contribution in [0.25, 0.3) is 6.08 Å². The quantitative estimate of drug-likeness (QED) is 0.842. The number of amides is 1. The molecule has 1 aliphatic heterocycles. The highest BCUT2D eigenvalue weighted by Crippen LogP contribution is 2.22. The van der Waals surface area contributed by atoms with E-state index in [0.29, 0.717) is 37.2 Å². The van der Waals surface area contributed by atoms with Crippen LogP contribution in [0.3, 0.4) is 0 Å². The first kappa shape index (κ1) is 19.8. The summed E-state index contributed by atoms with van der Waals surface area (Å²) in [7, 11) is -3.51. The summed E-state index contributed by atoms with van der Waals surface area (Å²) in [5, 5.41) is 13.0. The predicted octanol–water partition coefficient (Wildman–Crippen LogP) is 3.21. The van der Waals surface area contributed by atoms with Crippen LogP contribution >= 0.6 is 0 Å². The molecule has 0 aliphatic carbocycles. The van der Waals surface area contributed by atoms with Gasteiger partial charge in [-0.3, -0.25) is 4.79 Å². The highest BCUT2D eigenvalue weighted by atomic mass is 32.2. The van der Waals surface area contributed by atoms with Gasteiger partial charge in [-0.25, -0.2) is 8.42 Å². The van der Waals surface area contributed by atoms with E-state index in [9.17, 15) is 13.2 Å². The Bertz CT molecular complexity index is 1000. The fourth-order valence-corrected chi connectivity index (χ4v) is 4.32. The van der Waals surface area contributed by atoms with E-state index in [2.05, 4.69) is 5.32 Å². The first-order valence-electron chi connectivity index (χ1n) is 9.02.